The van der Waals surface area contributed by atoms with E-state index in [-0.39, 0.29) is 29.9 Å². The summed E-state index contributed by atoms with van der Waals surface area (Å²) >= 11 is 0.496. The Labute approximate surface area is 178 Å². The van der Waals surface area contributed by atoms with Crippen molar-refractivity contribution in [3.05, 3.63) is 109 Å². The molecule has 0 aliphatic carbocycles. The van der Waals surface area contributed by atoms with Crippen LogP contribution in [0.1, 0.15) is 0 Å². The van der Waals surface area contributed by atoms with Crippen molar-refractivity contribution < 1.29 is 0 Å². The zero-order valence-electron chi connectivity index (χ0n) is 15.1. The number of azo groups is 1. The molecule has 4 aromatic rings. The summed E-state index contributed by atoms with van der Waals surface area (Å²) in [6.07, 6.45) is 0. The molecule has 4 rings (SSSR count). The Morgan fingerprint density at radius 1 is 0.464 bits per heavy atom. The Balaban J connectivity index is 1.52. The first-order chi connectivity index (χ1) is 13.9. The summed E-state index contributed by atoms with van der Waals surface area (Å²) < 4.78 is 5.25. The topological polar surface area (TPSA) is 24.7 Å². The number of hydrogen-bond donors (Lipinski definition) is 0. The van der Waals surface area contributed by atoms with Crippen LogP contribution >= 0.6 is 0 Å². The van der Waals surface area contributed by atoms with Crippen LogP contribution in [0, 0.1) is 0 Å². The standard InChI is InChI=1S/C24H18N2Se2/c1-3-11-20(12-4-1)27-22-15-9-10-19(18-22)25-26-23-16-7-8-17-24(23)28-21-13-5-2-6-14-21/h1-18H. The molecule has 0 unspecified atom stereocenters. The molecule has 0 aromatic heterocycles. The molecule has 0 radical (unpaired) electrons. The molecule has 0 fully saturated rings. The van der Waals surface area contributed by atoms with Crippen molar-refractivity contribution in [3.8, 4) is 0 Å². The van der Waals surface area contributed by atoms with Gasteiger partial charge in [-0.3, -0.25) is 0 Å². The molecular weight excluding hydrogens is 474 g/mol. The van der Waals surface area contributed by atoms with Crippen molar-refractivity contribution in [3.63, 3.8) is 0 Å². The second-order valence-electron chi connectivity index (χ2n) is 6.00. The van der Waals surface area contributed by atoms with Gasteiger partial charge in [-0.25, -0.2) is 0 Å². The summed E-state index contributed by atoms with van der Waals surface area (Å²) in [4.78, 5) is 0. The van der Waals surface area contributed by atoms with Crippen molar-refractivity contribution >= 4 is 59.1 Å². The van der Waals surface area contributed by atoms with Crippen LogP contribution in [0.15, 0.2) is 119 Å². The molecule has 0 N–H and O–H groups in total. The molecule has 0 aliphatic heterocycles. The molecule has 0 spiro atoms. The first-order valence-electron chi connectivity index (χ1n) is 8.93. The van der Waals surface area contributed by atoms with Crippen molar-refractivity contribution in [2.75, 3.05) is 0 Å². The number of hydrogen-bond acceptors (Lipinski definition) is 2. The Morgan fingerprint density at radius 2 is 1.07 bits per heavy atom. The Morgan fingerprint density at radius 3 is 1.82 bits per heavy atom. The van der Waals surface area contributed by atoms with E-state index in [1.165, 1.54) is 17.8 Å². The summed E-state index contributed by atoms with van der Waals surface area (Å²) in [7, 11) is 0. The van der Waals surface area contributed by atoms with Gasteiger partial charge in [0, 0.05) is 0 Å². The van der Waals surface area contributed by atoms with E-state index in [4.69, 9.17) is 0 Å². The predicted octanol–water partition coefficient (Wildman–Crippen LogP) is 3.41. The maximum atomic E-state index is 4.57. The normalized spacial score (nSPS) is 11.0. The van der Waals surface area contributed by atoms with E-state index in [0.29, 0.717) is 0 Å². The van der Waals surface area contributed by atoms with Gasteiger partial charge in [-0.15, -0.1) is 0 Å². The van der Waals surface area contributed by atoms with E-state index < -0.39 is 0 Å². The second-order valence-corrected chi connectivity index (χ2v) is 10.7. The molecule has 0 saturated heterocycles. The minimum atomic E-state index is 0.217. The van der Waals surface area contributed by atoms with Gasteiger partial charge in [0.1, 0.15) is 0 Å². The van der Waals surface area contributed by atoms with Crippen LogP contribution in [0.2, 0.25) is 0 Å². The van der Waals surface area contributed by atoms with Crippen LogP contribution in [0.3, 0.4) is 0 Å². The predicted molar refractivity (Wildman–Crippen MR) is 120 cm³/mol. The second kappa shape index (κ2) is 9.63. The molecule has 0 saturated carbocycles. The maximum absolute atomic E-state index is 4.57. The number of rotatable bonds is 6. The van der Waals surface area contributed by atoms with E-state index in [1.54, 1.807) is 0 Å². The molecular formula is C24H18N2Se2. The van der Waals surface area contributed by atoms with E-state index in [2.05, 4.69) is 101 Å². The van der Waals surface area contributed by atoms with E-state index >= 15 is 0 Å². The molecule has 28 heavy (non-hydrogen) atoms. The van der Waals surface area contributed by atoms with Gasteiger partial charge in [0.25, 0.3) is 0 Å². The molecule has 4 heteroatoms. The molecule has 136 valence electrons. The molecule has 2 nitrogen and oxygen atoms in total. The van der Waals surface area contributed by atoms with Gasteiger partial charge in [0.2, 0.25) is 0 Å². The van der Waals surface area contributed by atoms with Crippen LogP contribution in [0.5, 0.6) is 0 Å². The molecule has 0 aliphatic rings. The third kappa shape index (κ3) is 5.28. The Bertz CT molecular complexity index is 1060. The first-order valence-corrected chi connectivity index (χ1v) is 12.4. The van der Waals surface area contributed by atoms with Crippen LogP contribution in [-0.2, 0) is 0 Å². The molecule has 0 bridgehead atoms. The van der Waals surface area contributed by atoms with Crippen LogP contribution in [0.25, 0.3) is 0 Å². The van der Waals surface area contributed by atoms with Crippen molar-refractivity contribution in [2.45, 2.75) is 0 Å². The Hall–Kier alpha value is -2.48. The van der Waals surface area contributed by atoms with Crippen molar-refractivity contribution in [1.29, 1.82) is 0 Å². The molecule has 4 aromatic carbocycles. The monoisotopic (exact) mass is 494 g/mol. The summed E-state index contributed by atoms with van der Waals surface area (Å²) in [6, 6.07) is 37.8. The fourth-order valence-electron chi connectivity index (χ4n) is 2.59. The number of benzene rings is 4. The van der Waals surface area contributed by atoms with E-state index in [9.17, 15) is 0 Å². The van der Waals surface area contributed by atoms with Gasteiger partial charge < -0.3 is 0 Å². The van der Waals surface area contributed by atoms with Gasteiger partial charge in [0.05, 0.1) is 0 Å². The fraction of sp³-hybridized carbons (Fsp3) is 0. The summed E-state index contributed by atoms with van der Waals surface area (Å²) in [6.45, 7) is 0. The fourth-order valence-corrected chi connectivity index (χ4v) is 6.36. The summed E-state index contributed by atoms with van der Waals surface area (Å²) in [5.74, 6) is 0. The van der Waals surface area contributed by atoms with Gasteiger partial charge in [-0.2, -0.15) is 0 Å². The van der Waals surface area contributed by atoms with Crippen molar-refractivity contribution in [1.82, 2.24) is 0 Å². The SMILES string of the molecule is c1ccc([Se]c2cccc(N=Nc3ccccc3[Se]c3ccccc3)c2)cc1. The summed E-state index contributed by atoms with van der Waals surface area (Å²) in [5, 5.41) is 9.09. The zero-order valence-corrected chi connectivity index (χ0v) is 18.5. The molecule has 0 amide bonds. The molecule has 0 atom stereocenters. The van der Waals surface area contributed by atoms with Gasteiger partial charge >= 0.3 is 179 Å². The van der Waals surface area contributed by atoms with Crippen molar-refractivity contribution in [2.24, 2.45) is 10.2 Å². The van der Waals surface area contributed by atoms with E-state index in [1.807, 2.05) is 18.2 Å². The van der Waals surface area contributed by atoms with E-state index in [0.717, 1.165) is 11.4 Å². The van der Waals surface area contributed by atoms with Gasteiger partial charge in [0.15, 0.2) is 0 Å². The third-order valence-electron chi connectivity index (χ3n) is 3.91. The van der Waals surface area contributed by atoms with Crippen LogP contribution < -0.4 is 17.8 Å². The van der Waals surface area contributed by atoms with Gasteiger partial charge in [-0.1, -0.05) is 0 Å². The Kier molecular flexibility index (Phi) is 6.49. The van der Waals surface area contributed by atoms with Crippen LogP contribution in [0.4, 0.5) is 11.4 Å². The first kappa shape index (κ1) is 18.9. The zero-order chi connectivity index (χ0) is 19.0. The third-order valence-corrected chi connectivity index (χ3v) is 8.25. The van der Waals surface area contributed by atoms with Gasteiger partial charge in [-0.05, 0) is 0 Å². The minimum absolute atomic E-state index is 0.217. The van der Waals surface area contributed by atoms with Crippen LogP contribution in [-0.4, -0.2) is 29.9 Å². The quantitative estimate of drug-likeness (QED) is 0.291. The average Bonchev–Trinajstić information content (AvgIpc) is 2.75. The average molecular weight is 492 g/mol. The number of nitrogens with zero attached hydrogens (tertiary/aromatic N) is 2. The summed E-state index contributed by atoms with van der Waals surface area (Å²) in [5.41, 5.74) is 1.85. The molecule has 0 heterocycles.